The second-order valence-electron chi connectivity index (χ2n) is 6.82. The van der Waals surface area contributed by atoms with Gasteiger partial charge < -0.3 is 4.90 Å². The molecule has 1 aromatic carbocycles. The molecule has 0 unspecified atom stereocenters. The molecule has 0 spiro atoms. The van der Waals surface area contributed by atoms with Gasteiger partial charge in [-0.15, -0.1) is 0 Å². The summed E-state index contributed by atoms with van der Waals surface area (Å²) >= 11 is 0. The standard InChI is InChI=1S/C19H25N3/c1-13(2)15-5-7-17(8-6-15)22(18-9-10-18)19-20-11-16(12-21-19)14(3)4/h5-8,11-14,18H,9-10H2,1-4H3. The molecule has 22 heavy (non-hydrogen) atoms. The van der Waals surface area contributed by atoms with Crippen molar-refractivity contribution in [3.63, 3.8) is 0 Å². The highest BCUT2D eigenvalue weighted by atomic mass is 15.3. The summed E-state index contributed by atoms with van der Waals surface area (Å²) in [6, 6.07) is 9.39. The van der Waals surface area contributed by atoms with E-state index in [1.165, 1.54) is 29.7 Å². The van der Waals surface area contributed by atoms with E-state index in [0.29, 0.717) is 17.9 Å². The quantitative estimate of drug-likeness (QED) is 0.775. The first kappa shape index (κ1) is 15.0. The summed E-state index contributed by atoms with van der Waals surface area (Å²) in [4.78, 5) is 11.5. The van der Waals surface area contributed by atoms with Gasteiger partial charge in [0.15, 0.2) is 0 Å². The summed E-state index contributed by atoms with van der Waals surface area (Å²) in [7, 11) is 0. The van der Waals surface area contributed by atoms with Gasteiger partial charge in [-0.2, -0.15) is 0 Å². The van der Waals surface area contributed by atoms with E-state index < -0.39 is 0 Å². The number of rotatable bonds is 5. The number of hydrogen-bond acceptors (Lipinski definition) is 3. The van der Waals surface area contributed by atoms with E-state index in [-0.39, 0.29) is 0 Å². The lowest BCUT2D eigenvalue weighted by Gasteiger charge is -2.23. The molecule has 0 bridgehead atoms. The Hall–Kier alpha value is -1.90. The predicted octanol–water partition coefficient (Wildman–Crippen LogP) is 5.02. The SMILES string of the molecule is CC(C)c1ccc(N(c2ncc(C(C)C)cn2)C2CC2)cc1. The van der Waals surface area contributed by atoms with Crippen LogP contribution < -0.4 is 4.90 Å². The van der Waals surface area contributed by atoms with Crippen molar-refractivity contribution in [3.05, 3.63) is 47.8 Å². The van der Waals surface area contributed by atoms with Crippen molar-refractivity contribution in [1.29, 1.82) is 0 Å². The summed E-state index contributed by atoms with van der Waals surface area (Å²) < 4.78 is 0. The maximum Gasteiger partial charge on any atom is 0.230 e. The van der Waals surface area contributed by atoms with E-state index in [1.807, 2.05) is 12.4 Å². The van der Waals surface area contributed by atoms with Gasteiger partial charge in [0.1, 0.15) is 0 Å². The van der Waals surface area contributed by atoms with Crippen molar-refractivity contribution < 1.29 is 0 Å². The number of anilines is 2. The molecule has 3 nitrogen and oxygen atoms in total. The summed E-state index contributed by atoms with van der Waals surface area (Å²) in [5.74, 6) is 1.85. The molecule has 1 fully saturated rings. The average Bonchev–Trinajstić information content (AvgIpc) is 3.33. The van der Waals surface area contributed by atoms with Gasteiger partial charge in [0.05, 0.1) is 0 Å². The van der Waals surface area contributed by atoms with Gasteiger partial charge in [-0.3, -0.25) is 0 Å². The largest absolute Gasteiger partial charge is 0.307 e. The first-order valence-electron chi connectivity index (χ1n) is 8.27. The molecule has 1 aliphatic rings. The molecule has 1 heterocycles. The lowest BCUT2D eigenvalue weighted by atomic mass is 10.0. The van der Waals surface area contributed by atoms with E-state index >= 15 is 0 Å². The van der Waals surface area contributed by atoms with Crippen LogP contribution in [-0.4, -0.2) is 16.0 Å². The molecule has 3 heteroatoms. The summed E-state index contributed by atoms with van der Waals surface area (Å²) in [5.41, 5.74) is 3.76. The molecule has 0 amide bonds. The van der Waals surface area contributed by atoms with Gasteiger partial charge in [0, 0.05) is 24.1 Å². The fourth-order valence-corrected chi connectivity index (χ4v) is 2.60. The molecule has 0 atom stereocenters. The van der Waals surface area contributed by atoms with Crippen LogP contribution in [0, 0.1) is 0 Å². The lowest BCUT2D eigenvalue weighted by molar-refractivity contribution is 0.831. The van der Waals surface area contributed by atoms with Gasteiger partial charge >= 0.3 is 0 Å². The van der Waals surface area contributed by atoms with E-state index in [2.05, 4.69) is 66.8 Å². The van der Waals surface area contributed by atoms with Crippen LogP contribution in [0.25, 0.3) is 0 Å². The van der Waals surface area contributed by atoms with Gasteiger partial charge in [0.2, 0.25) is 5.95 Å². The Kier molecular flexibility index (Phi) is 4.14. The van der Waals surface area contributed by atoms with Crippen LogP contribution in [0.2, 0.25) is 0 Å². The Labute approximate surface area is 133 Å². The van der Waals surface area contributed by atoms with E-state index in [0.717, 1.165) is 5.95 Å². The molecule has 0 radical (unpaired) electrons. The minimum atomic E-state index is 0.466. The zero-order valence-corrected chi connectivity index (χ0v) is 14.0. The van der Waals surface area contributed by atoms with Crippen LogP contribution in [0.3, 0.4) is 0 Å². The van der Waals surface area contributed by atoms with Crippen LogP contribution in [0.1, 0.15) is 63.5 Å². The van der Waals surface area contributed by atoms with Gasteiger partial charge in [-0.1, -0.05) is 39.8 Å². The second-order valence-corrected chi connectivity index (χ2v) is 6.82. The Balaban J connectivity index is 1.89. The van der Waals surface area contributed by atoms with Crippen LogP contribution in [-0.2, 0) is 0 Å². The van der Waals surface area contributed by atoms with E-state index in [4.69, 9.17) is 0 Å². The Morgan fingerprint density at radius 3 is 1.86 bits per heavy atom. The second kappa shape index (κ2) is 6.07. The zero-order valence-electron chi connectivity index (χ0n) is 14.0. The number of aromatic nitrogens is 2. The van der Waals surface area contributed by atoms with E-state index in [9.17, 15) is 0 Å². The summed E-state index contributed by atoms with van der Waals surface area (Å²) in [5, 5.41) is 0. The molecule has 0 aliphatic heterocycles. The number of nitrogens with zero attached hydrogens (tertiary/aromatic N) is 3. The monoisotopic (exact) mass is 295 g/mol. The van der Waals surface area contributed by atoms with Crippen molar-refractivity contribution in [2.75, 3.05) is 4.90 Å². The molecule has 1 aromatic heterocycles. The Morgan fingerprint density at radius 1 is 0.864 bits per heavy atom. The molecular weight excluding hydrogens is 270 g/mol. The Morgan fingerprint density at radius 2 is 1.41 bits per heavy atom. The number of benzene rings is 1. The Bertz CT molecular complexity index is 559. The molecule has 1 saturated carbocycles. The topological polar surface area (TPSA) is 29.0 Å². The number of hydrogen-bond donors (Lipinski definition) is 0. The smallest absolute Gasteiger partial charge is 0.230 e. The maximum atomic E-state index is 4.61. The fourth-order valence-electron chi connectivity index (χ4n) is 2.60. The normalized spacial score (nSPS) is 14.6. The van der Waals surface area contributed by atoms with Crippen molar-refractivity contribution in [2.24, 2.45) is 0 Å². The van der Waals surface area contributed by atoms with Crippen LogP contribution in [0.4, 0.5) is 11.6 Å². The van der Waals surface area contributed by atoms with Gasteiger partial charge in [-0.05, 0) is 47.9 Å². The third kappa shape index (κ3) is 3.13. The molecule has 1 aliphatic carbocycles. The molecule has 0 saturated heterocycles. The minimum absolute atomic E-state index is 0.466. The van der Waals surface area contributed by atoms with Crippen LogP contribution >= 0.6 is 0 Å². The van der Waals surface area contributed by atoms with Gasteiger partial charge in [-0.25, -0.2) is 9.97 Å². The third-order valence-electron chi connectivity index (χ3n) is 4.29. The molecule has 2 aromatic rings. The van der Waals surface area contributed by atoms with Crippen molar-refractivity contribution in [3.8, 4) is 0 Å². The fraction of sp³-hybridized carbons (Fsp3) is 0.474. The summed E-state index contributed by atoms with van der Waals surface area (Å²) in [6.45, 7) is 8.78. The maximum absolute atomic E-state index is 4.61. The van der Waals surface area contributed by atoms with E-state index in [1.54, 1.807) is 0 Å². The molecule has 0 N–H and O–H groups in total. The molecule has 3 rings (SSSR count). The first-order valence-corrected chi connectivity index (χ1v) is 8.27. The predicted molar refractivity (Wildman–Crippen MR) is 91.8 cm³/mol. The van der Waals surface area contributed by atoms with Crippen molar-refractivity contribution >= 4 is 11.6 Å². The summed E-state index contributed by atoms with van der Waals surface area (Å²) in [6.07, 6.45) is 6.37. The highest BCUT2D eigenvalue weighted by molar-refractivity contribution is 5.60. The average molecular weight is 295 g/mol. The van der Waals surface area contributed by atoms with Crippen molar-refractivity contribution in [1.82, 2.24) is 9.97 Å². The van der Waals surface area contributed by atoms with Crippen LogP contribution in [0.15, 0.2) is 36.7 Å². The minimum Gasteiger partial charge on any atom is -0.307 e. The van der Waals surface area contributed by atoms with Crippen LogP contribution in [0.5, 0.6) is 0 Å². The highest BCUT2D eigenvalue weighted by Crippen LogP contribution is 2.36. The molecular formula is C19H25N3. The van der Waals surface area contributed by atoms with Crippen molar-refractivity contribution in [2.45, 2.75) is 58.4 Å². The van der Waals surface area contributed by atoms with Gasteiger partial charge in [0.25, 0.3) is 0 Å². The third-order valence-corrected chi connectivity index (χ3v) is 4.29. The first-order chi connectivity index (χ1) is 10.6. The lowest BCUT2D eigenvalue weighted by Crippen LogP contribution is -2.22. The highest BCUT2D eigenvalue weighted by Gasteiger charge is 2.32. The molecule has 116 valence electrons. The zero-order chi connectivity index (χ0) is 15.7.